The van der Waals surface area contributed by atoms with Crippen molar-refractivity contribution < 1.29 is 13.9 Å². The Bertz CT molecular complexity index is 1190. The van der Waals surface area contributed by atoms with Crippen LogP contribution in [0, 0.1) is 11.3 Å². The molecule has 0 saturated carbocycles. The molecule has 1 unspecified atom stereocenters. The molecule has 2 N–H and O–H groups in total. The van der Waals surface area contributed by atoms with Crippen molar-refractivity contribution >= 4 is 17.0 Å². The maximum Gasteiger partial charge on any atom is 0.419 e. The highest BCUT2D eigenvalue weighted by Gasteiger charge is 2.28. The fourth-order valence-corrected chi connectivity index (χ4v) is 3.79. The molecule has 1 aliphatic rings. The van der Waals surface area contributed by atoms with Gasteiger partial charge in [0.2, 0.25) is 5.91 Å². The van der Waals surface area contributed by atoms with E-state index in [9.17, 15) is 14.9 Å². The van der Waals surface area contributed by atoms with Crippen LogP contribution in [0.5, 0.6) is 0 Å². The lowest BCUT2D eigenvalue weighted by atomic mass is 10.0. The number of rotatable bonds is 5. The van der Waals surface area contributed by atoms with E-state index in [-0.39, 0.29) is 0 Å². The molecule has 9 heteroatoms. The monoisotopic (exact) mass is 421 g/mol. The molecule has 1 aromatic carbocycles. The van der Waals surface area contributed by atoms with Crippen LogP contribution in [0.25, 0.3) is 22.4 Å². The number of aromatic nitrogens is 2. The number of amides is 1. The first-order chi connectivity index (χ1) is 15.0. The molecule has 9 nitrogen and oxygen atoms in total. The number of benzene rings is 1. The molecule has 3 aromatic rings. The number of carbonyl (C=O) groups excluding carboxylic acids is 1. The molecule has 1 saturated heterocycles. The number of fused-ring (bicyclic) bond motifs is 1. The normalized spacial score (nSPS) is 18.4. The van der Waals surface area contributed by atoms with Crippen molar-refractivity contribution in [3.8, 4) is 17.3 Å². The summed E-state index contributed by atoms with van der Waals surface area (Å²) in [4.78, 5) is 29.7. The van der Waals surface area contributed by atoms with Crippen LogP contribution in [-0.4, -0.2) is 52.2 Å². The Labute approximate surface area is 178 Å². The number of aryl methyl sites for hydroxylation is 1. The molecule has 0 spiro atoms. The number of oxazole rings is 1. The summed E-state index contributed by atoms with van der Waals surface area (Å²) in [6, 6.07) is 11.2. The van der Waals surface area contributed by atoms with E-state index in [1.54, 1.807) is 19.3 Å². The lowest BCUT2D eigenvalue weighted by Gasteiger charge is -2.26. The summed E-state index contributed by atoms with van der Waals surface area (Å²) in [5, 5.41) is 9.71. The number of hydrogen-bond donors (Lipinski definition) is 1. The topological polar surface area (TPSA) is 127 Å². The summed E-state index contributed by atoms with van der Waals surface area (Å²) in [5.41, 5.74) is 9.16. The standard InChI is InChI=1S/C22H23N5O4/c1-26-18-10-15(4-6-19(18)31-22(26)29)17-5-3-14(12-25-17)9-16(11-23)27-7-2-8-30-20(13-27)21(24)28/h3-6,10,12,16,20H,2,7-9,13H2,1H3,(H2,24,28)/t16-,20?/m0/s1. The molecule has 4 rings (SSSR count). The summed E-state index contributed by atoms with van der Waals surface area (Å²) in [7, 11) is 1.66. The quantitative estimate of drug-likeness (QED) is 0.656. The fraction of sp³-hybridized carbons (Fsp3) is 0.364. The Morgan fingerprint density at radius 3 is 2.94 bits per heavy atom. The van der Waals surface area contributed by atoms with Crippen molar-refractivity contribution in [3.63, 3.8) is 0 Å². The highest BCUT2D eigenvalue weighted by Crippen LogP contribution is 2.23. The van der Waals surface area contributed by atoms with Crippen LogP contribution < -0.4 is 11.5 Å². The smallest absolute Gasteiger partial charge is 0.408 e. The third-order valence-corrected chi connectivity index (χ3v) is 5.56. The summed E-state index contributed by atoms with van der Waals surface area (Å²) in [5.74, 6) is -0.919. The SMILES string of the molecule is Cn1c(=O)oc2ccc(-c3ccc(C[C@@H](C#N)N4CCCOC(C(N)=O)C4)cn3)cc21. The molecule has 1 fully saturated rings. The fourth-order valence-electron chi connectivity index (χ4n) is 3.79. The van der Waals surface area contributed by atoms with Gasteiger partial charge in [0.05, 0.1) is 17.3 Å². The van der Waals surface area contributed by atoms with Crippen molar-refractivity contribution in [2.45, 2.75) is 25.0 Å². The molecule has 0 bridgehead atoms. The first-order valence-corrected chi connectivity index (χ1v) is 10.1. The molecule has 1 aliphatic heterocycles. The van der Waals surface area contributed by atoms with Crippen LogP contribution in [0.1, 0.15) is 12.0 Å². The highest BCUT2D eigenvalue weighted by atomic mass is 16.5. The van der Waals surface area contributed by atoms with Gasteiger partial charge < -0.3 is 14.9 Å². The average molecular weight is 421 g/mol. The summed E-state index contributed by atoms with van der Waals surface area (Å²) >= 11 is 0. The van der Waals surface area contributed by atoms with Gasteiger partial charge in [0.1, 0.15) is 12.1 Å². The number of nitrogens with zero attached hydrogens (tertiary/aromatic N) is 4. The van der Waals surface area contributed by atoms with Crippen molar-refractivity contribution in [3.05, 3.63) is 52.6 Å². The van der Waals surface area contributed by atoms with Gasteiger partial charge in [-0.3, -0.25) is 19.2 Å². The van der Waals surface area contributed by atoms with Gasteiger partial charge in [-0.15, -0.1) is 0 Å². The zero-order valence-electron chi connectivity index (χ0n) is 17.2. The minimum Gasteiger partial charge on any atom is -0.408 e. The number of ether oxygens (including phenoxy) is 1. The van der Waals surface area contributed by atoms with Gasteiger partial charge >= 0.3 is 5.76 Å². The van der Waals surface area contributed by atoms with E-state index in [1.165, 1.54) is 4.57 Å². The van der Waals surface area contributed by atoms with Gasteiger partial charge in [-0.25, -0.2) is 4.79 Å². The Hall–Kier alpha value is -3.48. The van der Waals surface area contributed by atoms with Crippen LogP contribution >= 0.6 is 0 Å². The van der Waals surface area contributed by atoms with Gasteiger partial charge in [0.25, 0.3) is 0 Å². The van der Waals surface area contributed by atoms with Crippen molar-refractivity contribution in [2.75, 3.05) is 19.7 Å². The van der Waals surface area contributed by atoms with E-state index < -0.39 is 23.8 Å². The lowest BCUT2D eigenvalue weighted by Crippen LogP contribution is -2.44. The van der Waals surface area contributed by atoms with E-state index in [0.29, 0.717) is 37.2 Å². The molecule has 0 radical (unpaired) electrons. The summed E-state index contributed by atoms with van der Waals surface area (Å²) in [6.45, 7) is 1.42. The number of nitriles is 1. The van der Waals surface area contributed by atoms with E-state index in [1.807, 2.05) is 29.2 Å². The molecule has 2 atom stereocenters. The first-order valence-electron chi connectivity index (χ1n) is 10.1. The molecule has 160 valence electrons. The zero-order valence-corrected chi connectivity index (χ0v) is 17.2. The maximum atomic E-state index is 11.7. The van der Waals surface area contributed by atoms with Crippen LogP contribution in [0.2, 0.25) is 0 Å². The van der Waals surface area contributed by atoms with Crippen LogP contribution in [-0.2, 0) is 23.0 Å². The number of pyridine rings is 1. The van der Waals surface area contributed by atoms with Gasteiger partial charge in [0.15, 0.2) is 5.58 Å². The number of carbonyl (C=O) groups is 1. The second kappa shape index (κ2) is 8.71. The molecule has 31 heavy (non-hydrogen) atoms. The Kier molecular flexibility index (Phi) is 5.84. The van der Waals surface area contributed by atoms with Crippen molar-refractivity contribution in [2.24, 2.45) is 12.8 Å². The maximum absolute atomic E-state index is 11.7. The molecular formula is C22H23N5O4. The Morgan fingerprint density at radius 1 is 1.39 bits per heavy atom. The summed E-state index contributed by atoms with van der Waals surface area (Å²) < 4.78 is 12.1. The average Bonchev–Trinajstić information content (AvgIpc) is 2.94. The molecule has 2 aromatic heterocycles. The van der Waals surface area contributed by atoms with E-state index in [2.05, 4.69) is 11.1 Å². The van der Waals surface area contributed by atoms with E-state index >= 15 is 0 Å². The van der Waals surface area contributed by atoms with Gasteiger partial charge in [-0.2, -0.15) is 5.26 Å². The van der Waals surface area contributed by atoms with E-state index in [4.69, 9.17) is 14.9 Å². The van der Waals surface area contributed by atoms with Crippen LogP contribution in [0.4, 0.5) is 0 Å². The third-order valence-electron chi connectivity index (χ3n) is 5.56. The Balaban J connectivity index is 1.51. The second-order valence-electron chi connectivity index (χ2n) is 7.62. The van der Waals surface area contributed by atoms with E-state index in [0.717, 1.165) is 23.2 Å². The largest absolute Gasteiger partial charge is 0.419 e. The van der Waals surface area contributed by atoms with Gasteiger partial charge in [-0.1, -0.05) is 6.07 Å². The van der Waals surface area contributed by atoms with Gasteiger partial charge in [0, 0.05) is 44.9 Å². The third kappa shape index (κ3) is 4.35. The van der Waals surface area contributed by atoms with Crippen LogP contribution in [0.15, 0.2) is 45.7 Å². The summed E-state index contributed by atoms with van der Waals surface area (Å²) in [6.07, 6.45) is 2.26. The zero-order chi connectivity index (χ0) is 22.0. The predicted octanol–water partition coefficient (Wildman–Crippen LogP) is 1.20. The Morgan fingerprint density at radius 2 is 2.23 bits per heavy atom. The molecule has 3 heterocycles. The first kappa shape index (κ1) is 20.8. The molecular weight excluding hydrogens is 398 g/mol. The number of primary amides is 1. The van der Waals surface area contributed by atoms with Crippen LogP contribution in [0.3, 0.4) is 0 Å². The predicted molar refractivity (Wildman–Crippen MR) is 113 cm³/mol. The minimum absolute atomic E-state index is 0.308. The van der Waals surface area contributed by atoms with Crippen molar-refractivity contribution in [1.82, 2.24) is 14.5 Å². The molecule has 1 amide bonds. The number of nitrogens with two attached hydrogens (primary N) is 1. The molecule has 0 aliphatic carbocycles. The van der Waals surface area contributed by atoms with Gasteiger partial charge in [-0.05, 0) is 36.2 Å². The lowest BCUT2D eigenvalue weighted by molar-refractivity contribution is -0.129. The second-order valence-corrected chi connectivity index (χ2v) is 7.62. The minimum atomic E-state index is -0.701. The number of hydrogen-bond acceptors (Lipinski definition) is 7. The highest BCUT2D eigenvalue weighted by molar-refractivity contribution is 5.80. The van der Waals surface area contributed by atoms with Crippen molar-refractivity contribution in [1.29, 1.82) is 5.26 Å².